The third-order valence-corrected chi connectivity index (χ3v) is 13.0. The molecule has 0 heterocycles. The maximum Gasteiger partial charge on any atom is 0.0159 e. The minimum absolute atomic E-state index is 0.0553. The molecule has 0 spiro atoms. The zero-order chi connectivity index (χ0) is 37.8. The summed E-state index contributed by atoms with van der Waals surface area (Å²) < 4.78 is 0. The van der Waals surface area contributed by atoms with Crippen LogP contribution in [0.3, 0.4) is 0 Å². The van der Waals surface area contributed by atoms with Crippen molar-refractivity contribution in [2.24, 2.45) is 0 Å². The number of benzene rings is 11. The molecular weight excluding hydrogens is 685 g/mol. The van der Waals surface area contributed by atoms with Crippen molar-refractivity contribution in [1.82, 2.24) is 0 Å². The van der Waals surface area contributed by atoms with Gasteiger partial charge in [-0.15, -0.1) is 0 Å². The molecule has 0 amide bonds. The van der Waals surface area contributed by atoms with E-state index >= 15 is 0 Å². The fraction of sp³-hybridized carbons (Fsp3) is 0.0526. The molecule has 1 aliphatic rings. The smallest absolute Gasteiger partial charge is 0.0159 e. The lowest BCUT2D eigenvalue weighted by Gasteiger charge is -2.21. The van der Waals surface area contributed by atoms with E-state index in [-0.39, 0.29) is 5.41 Å². The third-order valence-electron chi connectivity index (χ3n) is 13.0. The van der Waals surface area contributed by atoms with Gasteiger partial charge in [0, 0.05) is 5.41 Å². The second-order valence-corrected chi connectivity index (χ2v) is 16.4. The van der Waals surface area contributed by atoms with E-state index in [0.29, 0.717) is 0 Å². The zero-order valence-corrected chi connectivity index (χ0v) is 32.0. The van der Waals surface area contributed by atoms with Gasteiger partial charge in [0.1, 0.15) is 0 Å². The summed E-state index contributed by atoms with van der Waals surface area (Å²) in [5.41, 5.74) is 13.0. The molecule has 11 aromatic rings. The molecule has 0 aromatic heterocycles. The lowest BCUT2D eigenvalue weighted by molar-refractivity contribution is 0.661. The molecule has 11 aromatic carbocycles. The quantitative estimate of drug-likeness (QED) is 0.126. The Bertz CT molecular complexity index is 3430. The number of fused-ring (bicyclic) bond motifs is 11. The SMILES string of the molecule is CC1(C)c2ccc(-c3cccc(-c4c5ccccc5c(-c5cccc6c5ccc5cc7ccccc7cc56)c5ccccc45)c3)cc2-c2c1ccc1ccccc21. The van der Waals surface area contributed by atoms with Gasteiger partial charge in [0.15, 0.2) is 0 Å². The van der Waals surface area contributed by atoms with Gasteiger partial charge in [-0.05, 0) is 145 Å². The van der Waals surface area contributed by atoms with Crippen molar-refractivity contribution in [2.45, 2.75) is 19.3 Å². The number of hydrogen-bond donors (Lipinski definition) is 0. The molecule has 0 radical (unpaired) electrons. The van der Waals surface area contributed by atoms with E-state index in [4.69, 9.17) is 0 Å². The third kappa shape index (κ3) is 4.68. The average Bonchev–Trinajstić information content (AvgIpc) is 3.50. The normalized spacial score (nSPS) is 13.2. The van der Waals surface area contributed by atoms with Crippen LogP contribution in [0.5, 0.6) is 0 Å². The first-order valence-electron chi connectivity index (χ1n) is 20.1. The zero-order valence-electron chi connectivity index (χ0n) is 32.0. The highest BCUT2D eigenvalue weighted by atomic mass is 14.4. The van der Waals surface area contributed by atoms with Gasteiger partial charge in [-0.1, -0.05) is 184 Å². The lowest BCUT2D eigenvalue weighted by Crippen LogP contribution is -2.14. The first-order valence-corrected chi connectivity index (χ1v) is 20.1. The Morgan fingerprint density at radius 1 is 0.263 bits per heavy atom. The fourth-order valence-electron chi connectivity index (χ4n) is 10.3. The van der Waals surface area contributed by atoms with Crippen LogP contribution in [-0.4, -0.2) is 0 Å². The Labute approximate surface area is 332 Å². The van der Waals surface area contributed by atoms with Crippen molar-refractivity contribution in [3.05, 3.63) is 205 Å². The molecule has 266 valence electrons. The second-order valence-electron chi connectivity index (χ2n) is 16.4. The molecule has 0 saturated heterocycles. The van der Waals surface area contributed by atoms with Crippen LogP contribution in [-0.2, 0) is 5.41 Å². The monoisotopic (exact) mass is 722 g/mol. The van der Waals surface area contributed by atoms with Gasteiger partial charge in [-0.25, -0.2) is 0 Å². The average molecular weight is 723 g/mol. The van der Waals surface area contributed by atoms with Crippen LogP contribution in [0.4, 0.5) is 0 Å². The van der Waals surface area contributed by atoms with Crippen molar-refractivity contribution in [1.29, 1.82) is 0 Å². The van der Waals surface area contributed by atoms with Gasteiger partial charge < -0.3 is 0 Å². The van der Waals surface area contributed by atoms with E-state index < -0.39 is 0 Å². The summed E-state index contributed by atoms with van der Waals surface area (Å²) in [6, 6.07) is 72.8. The van der Waals surface area contributed by atoms with Crippen LogP contribution >= 0.6 is 0 Å². The summed E-state index contributed by atoms with van der Waals surface area (Å²) in [4.78, 5) is 0. The Hall–Kier alpha value is -7.02. The molecule has 57 heavy (non-hydrogen) atoms. The highest BCUT2D eigenvalue weighted by molar-refractivity contribution is 6.25. The lowest BCUT2D eigenvalue weighted by atomic mass is 9.81. The van der Waals surface area contributed by atoms with Gasteiger partial charge in [0.2, 0.25) is 0 Å². The van der Waals surface area contributed by atoms with Gasteiger partial charge in [-0.3, -0.25) is 0 Å². The molecule has 1 aliphatic carbocycles. The topological polar surface area (TPSA) is 0 Å². The van der Waals surface area contributed by atoms with Crippen molar-refractivity contribution >= 4 is 64.6 Å². The Kier molecular flexibility index (Phi) is 6.78. The highest BCUT2D eigenvalue weighted by Crippen LogP contribution is 2.52. The molecule has 0 unspecified atom stereocenters. The van der Waals surface area contributed by atoms with Crippen molar-refractivity contribution in [2.75, 3.05) is 0 Å². The van der Waals surface area contributed by atoms with Gasteiger partial charge in [0.25, 0.3) is 0 Å². The summed E-state index contributed by atoms with van der Waals surface area (Å²) in [6.45, 7) is 4.74. The molecule has 0 N–H and O–H groups in total. The Morgan fingerprint density at radius 2 is 0.825 bits per heavy atom. The maximum absolute atomic E-state index is 2.45. The van der Waals surface area contributed by atoms with E-state index in [1.807, 2.05) is 0 Å². The van der Waals surface area contributed by atoms with Crippen molar-refractivity contribution < 1.29 is 0 Å². The van der Waals surface area contributed by atoms with Crippen LogP contribution in [0.25, 0.3) is 109 Å². The van der Waals surface area contributed by atoms with Crippen molar-refractivity contribution in [3.63, 3.8) is 0 Å². The second kappa shape index (κ2) is 12.0. The molecule has 0 saturated carbocycles. The maximum atomic E-state index is 2.45. The summed E-state index contributed by atoms with van der Waals surface area (Å²) in [5.74, 6) is 0. The van der Waals surface area contributed by atoms with Crippen LogP contribution in [0, 0.1) is 0 Å². The van der Waals surface area contributed by atoms with Gasteiger partial charge >= 0.3 is 0 Å². The predicted octanol–water partition coefficient (Wildman–Crippen LogP) is 15.9. The summed E-state index contributed by atoms with van der Waals surface area (Å²) in [7, 11) is 0. The number of hydrogen-bond acceptors (Lipinski definition) is 0. The van der Waals surface area contributed by atoms with Gasteiger partial charge in [0.05, 0.1) is 0 Å². The molecule has 0 heteroatoms. The minimum atomic E-state index is -0.0553. The van der Waals surface area contributed by atoms with E-state index in [9.17, 15) is 0 Å². The molecule has 0 aliphatic heterocycles. The largest absolute Gasteiger partial charge is 0.0616 e. The van der Waals surface area contributed by atoms with Crippen LogP contribution in [0.1, 0.15) is 25.0 Å². The van der Waals surface area contributed by atoms with Crippen LogP contribution < -0.4 is 0 Å². The minimum Gasteiger partial charge on any atom is -0.0616 e. The van der Waals surface area contributed by atoms with E-state index in [0.717, 1.165) is 0 Å². The molecule has 0 fully saturated rings. The molecule has 0 nitrogen and oxygen atoms in total. The Balaban J connectivity index is 1.06. The summed E-state index contributed by atoms with van der Waals surface area (Å²) >= 11 is 0. The van der Waals surface area contributed by atoms with E-state index in [1.165, 1.54) is 120 Å². The number of rotatable bonds is 3. The molecule has 0 atom stereocenters. The van der Waals surface area contributed by atoms with Gasteiger partial charge in [-0.2, -0.15) is 0 Å². The first kappa shape index (κ1) is 32.2. The highest BCUT2D eigenvalue weighted by Gasteiger charge is 2.36. The predicted molar refractivity (Wildman–Crippen MR) is 245 cm³/mol. The van der Waals surface area contributed by atoms with Crippen molar-refractivity contribution in [3.8, 4) is 44.5 Å². The van der Waals surface area contributed by atoms with Crippen LogP contribution in [0.15, 0.2) is 194 Å². The van der Waals surface area contributed by atoms with Crippen LogP contribution in [0.2, 0.25) is 0 Å². The molecule has 0 bridgehead atoms. The molecular formula is C57H38. The fourth-order valence-corrected chi connectivity index (χ4v) is 10.3. The van der Waals surface area contributed by atoms with E-state index in [2.05, 4.69) is 208 Å². The van der Waals surface area contributed by atoms with E-state index in [1.54, 1.807) is 0 Å². The molecule has 12 rings (SSSR count). The summed E-state index contributed by atoms with van der Waals surface area (Å²) in [5, 5.41) is 15.4. The first-order chi connectivity index (χ1) is 28.0. The standard InChI is InChI=1S/C57H38/c1-57(2)52-29-27-39(34-51(52)56-42-18-6-5-13-35(42)26-30-53(56)57)37-16-11-17-41(32-37)54-46-19-7-9-21-48(46)55(49-22-10-8-20-47(49)54)45-24-12-23-43-44(45)28-25-40-31-36-14-3-4-15-38(36)33-50(40)43/h3-34H,1-2H3. The Morgan fingerprint density at radius 3 is 1.58 bits per heavy atom. The summed E-state index contributed by atoms with van der Waals surface area (Å²) in [6.07, 6.45) is 0.